The van der Waals surface area contributed by atoms with Crippen LogP contribution in [-0.4, -0.2) is 25.2 Å². The van der Waals surface area contributed by atoms with E-state index in [0.717, 1.165) is 10.9 Å². The molecule has 2 aromatic carbocycles. The van der Waals surface area contributed by atoms with E-state index >= 15 is 0 Å². The molecule has 0 aliphatic carbocycles. The highest BCUT2D eigenvalue weighted by molar-refractivity contribution is 9.10. The number of fused-ring (bicyclic) bond motifs is 1. The van der Waals surface area contributed by atoms with E-state index in [1.807, 2.05) is 13.0 Å². The summed E-state index contributed by atoms with van der Waals surface area (Å²) in [6, 6.07) is 13.5. The van der Waals surface area contributed by atoms with Crippen molar-refractivity contribution in [1.82, 2.24) is 5.32 Å². The van der Waals surface area contributed by atoms with Crippen molar-refractivity contribution in [3.05, 3.63) is 74.6 Å². The molecule has 0 saturated heterocycles. The number of aryl methyl sites for hydroxylation is 1. The molecule has 1 N–H and O–H groups in total. The third-order valence-electron chi connectivity index (χ3n) is 5.02. The second-order valence-electron chi connectivity index (χ2n) is 7.47. The van der Waals surface area contributed by atoms with Crippen molar-refractivity contribution in [3.63, 3.8) is 0 Å². The Morgan fingerprint density at radius 3 is 2.44 bits per heavy atom. The summed E-state index contributed by atoms with van der Waals surface area (Å²) in [5, 5.41) is 3.55. The highest BCUT2D eigenvalue weighted by Gasteiger charge is 2.40. The van der Waals surface area contributed by atoms with Gasteiger partial charge in [0.05, 0.1) is 13.2 Å². The first-order chi connectivity index (χ1) is 16.2. The van der Waals surface area contributed by atoms with Gasteiger partial charge in [0.1, 0.15) is 11.3 Å². The third-order valence-corrected chi connectivity index (χ3v) is 8.02. The first kappa shape index (κ1) is 26.2. The molecule has 0 bridgehead atoms. The summed E-state index contributed by atoms with van der Waals surface area (Å²) in [4.78, 5) is 24.8. The van der Waals surface area contributed by atoms with Gasteiger partial charge in [0.25, 0.3) is 5.91 Å². The lowest BCUT2D eigenvalue weighted by Crippen LogP contribution is -2.39. The minimum atomic E-state index is -3.77. The van der Waals surface area contributed by atoms with E-state index in [1.54, 1.807) is 57.2 Å². The number of halogens is 1. The second-order valence-corrected chi connectivity index (χ2v) is 10.4. The van der Waals surface area contributed by atoms with Crippen molar-refractivity contribution in [2.24, 2.45) is 0 Å². The van der Waals surface area contributed by atoms with Crippen LogP contribution in [0.25, 0.3) is 11.0 Å². The molecule has 0 saturated carbocycles. The Bertz CT molecular complexity index is 1270. The van der Waals surface area contributed by atoms with E-state index in [4.69, 9.17) is 18.2 Å². The molecule has 1 amide bonds. The maximum absolute atomic E-state index is 13.6. The summed E-state index contributed by atoms with van der Waals surface area (Å²) in [5.74, 6) is -1.23. The molecule has 1 aromatic heterocycles. The smallest absolute Gasteiger partial charge is 0.357 e. The normalized spacial score (nSPS) is 13.4. The summed E-state index contributed by atoms with van der Waals surface area (Å²) in [5.41, 5.74) is 1.23. The zero-order valence-electron chi connectivity index (χ0n) is 19.4. The van der Waals surface area contributed by atoms with Crippen molar-refractivity contribution >= 4 is 40.4 Å². The molecular weight excluding hydrogens is 525 g/mol. The van der Waals surface area contributed by atoms with Crippen LogP contribution >= 0.6 is 23.5 Å². The number of benzene rings is 2. The molecular formula is C24H27BrNO7P. The summed E-state index contributed by atoms with van der Waals surface area (Å²) in [6.45, 7) is 7.07. The minimum Gasteiger partial charge on any atom is -0.481 e. The molecule has 1 unspecified atom stereocenters. The predicted molar refractivity (Wildman–Crippen MR) is 133 cm³/mol. The van der Waals surface area contributed by atoms with Crippen molar-refractivity contribution in [2.45, 2.75) is 39.6 Å². The van der Waals surface area contributed by atoms with Crippen LogP contribution in [0.15, 0.2) is 62.2 Å². The van der Waals surface area contributed by atoms with Gasteiger partial charge >= 0.3 is 13.2 Å². The Balaban J connectivity index is 1.87. The van der Waals surface area contributed by atoms with Crippen molar-refractivity contribution in [2.75, 3.05) is 13.2 Å². The SMILES string of the molecule is CCOP(=O)(OCC)C(NC(=O)[C@H](C)Oc1ccc2c(C)cc(=O)oc2c1)c1ccccc1Br. The van der Waals surface area contributed by atoms with E-state index in [0.29, 0.717) is 21.4 Å². The number of carbonyl (C=O) groups is 1. The van der Waals surface area contributed by atoms with Crippen LogP contribution in [0, 0.1) is 6.92 Å². The van der Waals surface area contributed by atoms with E-state index < -0.39 is 31.0 Å². The summed E-state index contributed by atoms with van der Waals surface area (Å²) < 4.78 is 36.4. The Labute approximate surface area is 206 Å². The maximum atomic E-state index is 13.6. The topological polar surface area (TPSA) is 104 Å². The molecule has 0 aliphatic rings. The number of amides is 1. The van der Waals surface area contributed by atoms with Crippen LogP contribution in [0.5, 0.6) is 5.75 Å². The molecule has 3 aromatic rings. The highest BCUT2D eigenvalue weighted by Crippen LogP contribution is 2.60. The third kappa shape index (κ3) is 5.96. The number of hydrogen-bond acceptors (Lipinski definition) is 7. The number of hydrogen-bond donors (Lipinski definition) is 1. The van der Waals surface area contributed by atoms with Gasteiger partial charge in [-0.15, -0.1) is 0 Å². The standard InChI is InChI=1S/C24H27BrNO7P/c1-5-30-34(29,31-6-2)24(19-9-7-8-10-20(19)25)26-23(28)16(4)32-17-11-12-18-15(3)13-22(27)33-21(18)14-17/h7-14,16,24H,5-6H2,1-4H3,(H,26,28)/t16-,24?/m0/s1. The first-order valence-corrected chi connectivity index (χ1v) is 13.2. The predicted octanol–water partition coefficient (Wildman–Crippen LogP) is 5.71. The lowest BCUT2D eigenvalue weighted by atomic mass is 10.1. The molecule has 0 radical (unpaired) electrons. The van der Waals surface area contributed by atoms with Crippen molar-refractivity contribution in [1.29, 1.82) is 0 Å². The molecule has 8 nitrogen and oxygen atoms in total. The highest BCUT2D eigenvalue weighted by atomic mass is 79.9. The molecule has 182 valence electrons. The molecule has 0 spiro atoms. The van der Waals surface area contributed by atoms with E-state index in [9.17, 15) is 14.2 Å². The average molecular weight is 552 g/mol. The van der Waals surface area contributed by atoms with Crippen LogP contribution in [0.3, 0.4) is 0 Å². The van der Waals surface area contributed by atoms with Gasteiger partial charge in [0.15, 0.2) is 11.9 Å². The molecule has 2 atom stereocenters. The number of ether oxygens (including phenoxy) is 1. The van der Waals surface area contributed by atoms with Crippen LogP contribution in [0.4, 0.5) is 0 Å². The largest absolute Gasteiger partial charge is 0.481 e. The summed E-state index contributed by atoms with van der Waals surface area (Å²) in [6.07, 6.45) is -0.962. The van der Waals surface area contributed by atoms with Crippen LogP contribution < -0.4 is 15.7 Å². The van der Waals surface area contributed by atoms with E-state index in [2.05, 4.69) is 21.2 Å². The lowest BCUT2D eigenvalue weighted by molar-refractivity contribution is -0.127. The lowest BCUT2D eigenvalue weighted by Gasteiger charge is -2.29. The molecule has 1 heterocycles. The Morgan fingerprint density at radius 1 is 1.12 bits per heavy atom. The molecule has 34 heavy (non-hydrogen) atoms. The van der Waals surface area contributed by atoms with E-state index in [1.165, 1.54) is 6.07 Å². The second kappa shape index (κ2) is 11.3. The average Bonchev–Trinajstić information content (AvgIpc) is 2.77. The maximum Gasteiger partial charge on any atom is 0.357 e. The van der Waals surface area contributed by atoms with Gasteiger partial charge in [-0.2, -0.15) is 0 Å². The minimum absolute atomic E-state index is 0.141. The zero-order chi connectivity index (χ0) is 24.9. The van der Waals surface area contributed by atoms with E-state index in [-0.39, 0.29) is 13.2 Å². The fraction of sp³-hybridized carbons (Fsp3) is 0.333. The molecule has 10 heteroatoms. The fourth-order valence-corrected chi connectivity index (χ4v) is 6.09. The Morgan fingerprint density at radius 2 is 1.79 bits per heavy atom. The number of rotatable bonds is 10. The monoisotopic (exact) mass is 551 g/mol. The quantitative estimate of drug-likeness (QED) is 0.254. The van der Waals surface area contributed by atoms with Gasteiger partial charge < -0.3 is 23.5 Å². The van der Waals surface area contributed by atoms with Crippen LogP contribution in [-0.2, 0) is 18.4 Å². The summed E-state index contributed by atoms with van der Waals surface area (Å²) >= 11 is 3.46. The Kier molecular flexibility index (Phi) is 8.71. The fourth-order valence-electron chi connectivity index (χ4n) is 3.46. The molecule has 0 aliphatic heterocycles. The van der Waals surface area contributed by atoms with Crippen molar-refractivity contribution < 1.29 is 27.6 Å². The number of nitrogens with one attached hydrogen (secondary N) is 1. The van der Waals surface area contributed by atoms with Gasteiger partial charge in [-0.3, -0.25) is 9.36 Å². The Hall–Kier alpha value is -2.45. The van der Waals surface area contributed by atoms with Crippen molar-refractivity contribution in [3.8, 4) is 5.75 Å². The zero-order valence-corrected chi connectivity index (χ0v) is 21.9. The number of carbonyl (C=O) groups excluding carboxylic acids is 1. The van der Waals surface area contributed by atoms with Crippen LogP contribution in [0.2, 0.25) is 0 Å². The van der Waals surface area contributed by atoms with Gasteiger partial charge in [-0.25, -0.2) is 4.79 Å². The summed E-state index contributed by atoms with van der Waals surface area (Å²) in [7, 11) is -3.77. The van der Waals surface area contributed by atoms with Gasteiger partial charge in [0.2, 0.25) is 0 Å². The van der Waals surface area contributed by atoms with Gasteiger partial charge in [0, 0.05) is 27.6 Å². The molecule has 3 rings (SSSR count). The van der Waals surface area contributed by atoms with Gasteiger partial charge in [-0.1, -0.05) is 34.1 Å². The molecule has 0 fully saturated rings. The van der Waals surface area contributed by atoms with Gasteiger partial charge in [-0.05, 0) is 51.5 Å². The first-order valence-electron chi connectivity index (χ1n) is 10.8. The van der Waals surface area contributed by atoms with Crippen LogP contribution in [0.1, 0.15) is 37.7 Å².